The molecule has 0 saturated carbocycles. The number of oxazole rings is 1. The van der Waals surface area contributed by atoms with Gasteiger partial charge in [0.15, 0.2) is 12.1 Å². The molecule has 13 heavy (non-hydrogen) atoms. The molecule has 0 bridgehead atoms. The van der Waals surface area contributed by atoms with Crippen LogP contribution in [0.4, 0.5) is 0 Å². The predicted molar refractivity (Wildman–Crippen MR) is 41.7 cm³/mol. The van der Waals surface area contributed by atoms with Crippen molar-refractivity contribution in [2.45, 2.75) is 6.61 Å². The molecule has 2 heterocycles. The van der Waals surface area contributed by atoms with Gasteiger partial charge in [0.2, 0.25) is 0 Å². The van der Waals surface area contributed by atoms with Gasteiger partial charge in [-0.1, -0.05) is 0 Å². The van der Waals surface area contributed by atoms with E-state index in [-0.39, 0.29) is 6.61 Å². The number of rotatable bonds is 3. The standard InChI is InChI=1S/C8H6N3O2/c1-2-9-7(10-3-1)4-13-8-5-12-6-11-8/h1-3,5H,4H2. The molecule has 0 N–H and O–H groups in total. The summed E-state index contributed by atoms with van der Waals surface area (Å²) in [4.78, 5) is 11.6. The molecule has 0 amide bonds. The number of hydrogen-bond donors (Lipinski definition) is 0. The van der Waals surface area contributed by atoms with Crippen molar-refractivity contribution in [2.24, 2.45) is 0 Å². The second kappa shape index (κ2) is 3.66. The fourth-order valence-corrected chi connectivity index (χ4v) is 0.784. The van der Waals surface area contributed by atoms with Gasteiger partial charge in [0.25, 0.3) is 12.3 Å². The van der Waals surface area contributed by atoms with Crippen LogP contribution in [-0.4, -0.2) is 15.0 Å². The normalized spacial score (nSPS) is 9.85. The highest BCUT2D eigenvalue weighted by molar-refractivity contribution is 4.98. The summed E-state index contributed by atoms with van der Waals surface area (Å²) in [5.74, 6) is 0.984. The van der Waals surface area contributed by atoms with E-state index in [0.717, 1.165) is 0 Å². The third-order valence-electron chi connectivity index (χ3n) is 1.34. The molecular formula is C8H6N3O2. The zero-order chi connectivity index (χ0) is 8.93. The summed E-state index contributed by atoms with van der Waals surface area (Å²) in [7, 11) is 0. The van der Waals surface area contributed by atoms with Gasteiger partial charge in [-0.2, -0.15) is 4.98 Å². The van der Waals surface area contributed by atoms with Crippen molar-refractivity contribution >= 4 is 0 Å². The maximum Gasteiger partial charge on any atom is 0.287 e. The summed E-state index contributed by atoms with van der Waals surface area (Å²) in [5, 5.41) is 0. The Morgan fingerprint density at radius 1 is 1.38 bits per heavy atom. The van der Waals surface area contributed by atoms with E-state index in [1.807, 2.05) is 0 Å². The Kier molecular flexibility index (Phi) is 2.18. The number of ether oxygens (including phenoxy) is 1. The van der Waals surface area contributed by atoms with E-state index in [4.69, 9.17) is 4.74 Å². The molecule has 0 aliphatic rings. The summed E-state index contributed by atoms with van der Waals surface area (Å²) in [5.41, 5.74) is 0. The zero-order valence-corrected chi connectivity index (χ0v) is 6.67. The minimum absolute atomic E-state index is 0.279. The van der Waals surface area contributed by atoms with Crippen LogP contribution < -0.4 is 4.74 Å². The van der Waals surface area contributed by atoms with E-state index in [1.165, 1.54) is 6.26 Å². The fraction of sp³-hybridized carbons (Fsp3) is 0.125. The van der Waals surface area contributed by atoms with Crippen molar-refractivity contribution in [3.63, 3.8) is 0 Å². The van der Waals surface area contributed by atoms with Crippen LogP contribution in [0.15, 0.2) is 29.1 Å². The van der Waals surface area contributed by atoms with Gasteiger partial charge in [0.1, 0.15) is 6.61 Å². The first-order chi connectivity index (χ1) is 6.45. The Labute approximate surface area is 74.4 Å². The topological polar surface area (TPSA) is 61.0 Å². The quantitative estimate of drug-likeness (QED) is 0.693. The van der Waals surface area contributed by atoms with E-state index < -0.39 is 0 Å². The van der Waals surface area contributed by atoms with Crippen LogP contribution in [-0.2, 0) is 6.61 Å². The molecule has 0 fully saturated rings. The first kappa shape index (κ1) is 7.72. The summed E-state index contributed by atoms with van der Waals surface area (Å²) < 4.78 is 9.77. The molecule has 0 spiro atoms. The Morgan fingerprint density at radius 3 is 2.92 bits per heavy atom. The lowest BCUT2D eigenvalue weighted by Crippen LogP contribution is -2.00. The van der Waals surface area contributed by atoms with Crippen LogP contribution in [0, 0.1) is 6.39 Å². The van der Waals surface area contributed by atoms with Gasteiger partial charge in [0, 0.05) is 12.4 Å². The second-order valence-electron chi connectivity index (χ2n) is 2.23. The van der Waals surface area contributed by atoms with E-state index in [0.29, 0.717) is 11.7 Å². The molecule has 2 aromatic rings. The van der Waals surface area contributed by atoms with Crippen LogP contribution in [0.1, 0.15) is 5.82 Å². The highest BCUT2D eigenvalue weighted by Gasteiger charge is 1.99. The Morgan fingerprint density at radius 2 is 2.23 bits per heavy atom. The fourth-order valence-electron chi connectivity index (χ4n) is 0.784. The summed E-state index contributed by atoms with van der Waals surface area (Å²) in [6.07, 6.45) is 6.95. The van der Waals surface area contributed by atoms with Crippen molar-refractivity contribution in [1.29, 1.82) is 0 Å². The smallest absolute Gasteiger partial charge is 0.287 e. The number of aromatic nitrogens is 3. The number of hydrogen-bond acceptors (Lipinski definition) is 5. The molecule has 0 aromatic carbocycles. The van der Waals surface area contributed by atoms with Crippen molar-refractivity contribution in [1.82, 2.24) is 15.0 Å². The minimum Gasteiger partial charge on any atom is -0.467 e. The van der Waals surface area contributed by atoms with Crippen molar-refractivity contribution in [2.75, 3.05) is 0 Å². The summed E-state index contributed by atoms with van der Waals surface area (Å²) in [6.45, 7) is 0.279. The molecule has 0 saturated heterocycles. The Balaban J connectivity index is 1.94. The van der Waals surface area contributed by atoms with Crippen LogP contribution in [0.3, 0.4) is 0 Å². The maximum atomic E-state index is 5.17. The molecule has 2 rings (SSSR count). The van der Waals surface area contributed by atoms with Gasteiger partial charge in [0.05, 0.1) is 0 Å². The van der Waals surface area contributed by atoms with E-state index >= 15 is 0 Å². The molecule has 5 nitrogen and oxygen atoms in total. The molecule has 2 aromatic heterocycles. The molecule has 0 aliphatic heterocycles. The van der Waals surface area contributed by atoms with Gasteiger partial charge < -0.3 is 9.15 Å². The van der Waals surface area contributed by atoms with Crippen LogP contribution >= 0.6 is 0 Å². The Bertz CT molecular complexity index is 347. The third kappa shape index (κ3) is 2.02. The molecule has 1 radical (unpaired) electrons. The lowest BCUT2D eigenvalue weighted by atomic mass is 10.6. The van der Waals surface area contributed by atoms with Gasteiger partial charge >= 0.3 is 0 Å². The lowest BCUT2D eigenvalue weighted by Gasteiger charge is -1.98. The minimum atomic E-state index is 0.279. The van der Waals surface area contributed by atoms with Crippen LogP contribution in [0.5, 0.6) is 5.88 Å². The van der Waals surface area contributed by atoms with Crippen molar-refractivity contribution < 1.29 is 9.15 Å². The van der Waals surface area contributed by atoms with Gasteiger partial charge in [-0.3, -0.25) is 0 Å². The van der Waals surface area contributed by atoms with E-state index in [1.54, 1.807) is 18.5 Å². The molecule has 0 unspecified atom stereocenters. The first-order valence-electron chi connectivity index (χ1n) is 3.65. The van der Waals surface area contributed by atoms with E-state index in [9.17, 15) is 0 Å². The maximum absolute atomic E-state index is 5.17. The highest BCUT2D eigenvalue weighted by Crippen LogP contribution is 2.05. The Hall–Kier alpha value is -1.91. The van der Waals surface area contributed by atoms with Crippen LogP contribution in [0.2, 0.25) is 0 Å². The molecule has 5 heteroatoms. The average Bonchev–Trinajstić information content (AvgIpc) is 2.69. The van der Waals surface area contributed by atoms with Gasteiger partial charge in [-0.25, -0.2) is 9.97 Å². The number of nitrogens with zero attached hydrogens (tertiary/aromatic N) is 3. The van der Waals surface area contributed by atoms with E-state index in [2.05, 4.69) is 25.8 Å². The SMILES string of the molecule is [c]1nc(OCc2ncccn2)co1. The monoisotopic (exact) mass is 176 g/mol. The predicted octanol–water partition coefficient (Wildman–Crippen LogP) is 0.844. The third-order valence-corrected chi connectivity index (χ3v) is 1.34. The average molecular weight is 176 g/mol. The lowest BCUT2D eigenvalue weighted by molar-refractivity contribution is 0.283. The van der Waals surface area contributed by atoms with Gasteiger partial charge in [-0.15, -0.1) is 0 Å². The summed E-state index contributed by atoms with van der Waals surface area (Å²) in [6, 6.07) is 1.74. The van der Waals surface area contributed by atoms with Gasteiger partial charge in [-0.05, 0) is 6.07 Å². The molecule has 0 aliphatic carbocycles. The van der Waals surface area contributed by atoms with Crippen molar-refractivity contribution in [3.8, 4) is 5.88 Å². The van der Waals surface area contributed by atoms with Crippen molar-refractivity contribution in [3.05, 3.63) is 36.9 Å². The summed E-state index contributed by atoms with van der Waals surface area (Å²) >= 11 is 0. The molecule has 0 atom stereocenters. The molecular weight excluding hydrogens is 170 g/mol. The van der Waals surface area contributed by atoms with Crippen LogP contribution in [0.25, 0.3) is 0 Å². The second-order valence-corrected chi connectivity index (χ2v) is 2.23. The highest BCUT2D eigenvalue weighted by atomic mass is 16.5. The first-order valence-corrected chi connectivity index (χ1v) is 3.65. The zero-order valence-electron chi connectivity index (χ0n) is 6.67. The largest absolute Gasteiger partial charge is 0.467 e. The molecule has 65 valence electrons.